The van der Waals surface area contributed by atoms with Gasteiger partial charge in [0, 0.05) is 12.0 Å². The summed E-state index contributed by atoms with van der Waals surface area (Å²) in [5, 5.41) is 10.2. The van der Waals surface area contributed by atoms with E-state index in [2.05, 4.69) is 46.4 Å². The van der Waals surface area contributed by atoms with Crippen molar-refractivity contribution < 1.29 is 9.53 Å². The first kappa shape index (κ1) is 16.2. The Hall–Kier alpha value is -0.823. The van der Waals surface area contributed by atoms with E-state index >= 15 is 0 Å². The van der Waals surface area contributed by atoms with Gasteiger partial charge in [-0.25, -0.2) is 0 Å². The molecule has 0 bridgehead atoms. The zero-order chi connectivity index (χ0) is 15.0. The summed E-state index contributed by atoms with van der Waals surface area (Å²) in [6, 6.07) is 0. The number of aliphatic hydroxyl groups excluding tert-OH is 1. The minimum atomic E-state index is -1.92. The zero-order valence-corrected chi connectivity index (χ0v) is 14.0. The molecule has 1 aliphatic rings. The van der Waals surface area contributed by atoms with Crippen LogP contribution in [0.5, 0.6) is 0 Å². The van der Waals surface area contributed by atoms with Crippen molar-refractivity contribution in [1.82, 2.24) is 0 Å². The summed E-state index contributed by atoms with van der Waals surface area (Å²) in [6.45, 7) is 17.0. The van der Waals surface area contributed by atoms with Crippen molar-refractivity contribution in [1.29, 1.82) is 0 Å². The van der Waals surface area contributed by atoms with Crippen LogP contribution in [0.2, 0.25) is 18.1 Å². The lowest BCUT2D eigenvalue weighted by molar-refractivity contribution is 0.153. The van der Waals surface area contributed by atoms with Gasteiger partial charge in [-0.05, 0) is 36.2 Å². The lowest BCUT2D eigenvalue weighted by atomic mass is 9.85. The van der Waals surface area contributed by atoms with Gasteiger partial charge in [0.2, 0.25) is 0 Å². The fourth-order valence-electron chi connectivity index (χ4n) is 1.90. The van der Waals surface area contributed by atoms with Gasteiger partial charge in [0.1, 0.15) is 0 Å². The van der Waals surface area contributed by atoms with E-state index < -0.39 is 14.4 Å². The molecule has 0 radical (unpaired) electrons. The summed E-state index contributed by atoms with van der Waals surface area (Å²) in [5.74, 6) is 2.67. The molecule has 0 aromatic heterocycles. The summed E-state index contributed by atoms with van der Waals surface area (Å²) < 4.78 is 6.40. The van der Waals surface area contributed by atoms with Gasteiger partial charge in [0.15, 0.2) is 8.32 Å². The maximum absolute atomic E-state index is 10.1. The number of aliphatic hydroxyl groups is 1. The van der Waals surface area contributed by atoms with Crippen molar-refractivity contribution >= 4 is 8.32 Å². The van der Waals surface area contributed by atoms with Crippen molar-refractivity contribution in [3.8, 4) is 12.3 Å². The highest BCUT2D eigenvalue weighted by Gasteiger charge is 2.42. The SMILES string of the molecule is C#CC1=C(C)[C@@H](O[Si](C)(C)C(C)(C)C)C(=C)[C@H](O)C1. The average molecular weight is 278 g/mol. The lowest BCUT2D eigenvalue weighted by Crippen LogP contribution is -2.46. The number of hydrogen-bond donors (Lipinski definition) is 1. The van der Waals surface area contributed by atoms with Gasteiger partial charge in [-0.15, -0.1) is 6.42 Å². The van der Waals surface area contributed by atoms with E-state index in [4.69, 9.17) is 10.8 Å². The molecule has 3 heteroatoms. The summed E-state index contributed by atoms with van der Waals surface area (Å²) in [7, 11) is -1.92. The van der Waals surface area contributed by atoms with Crippen LogP contribution < -0.4 is 0 Å². The van der Waals surface area contributed by atoms with Gasteiger partial charge in [0.25, 0.3) is 0 Å². The second-order valence-corrected chi connectivity index (χ2v) is 11.6. The monoisotopic (exact) mass is 278 g/mol. The van der Waals surface area contributed by atoms with Gasteiger partial charge in [-0.1, -0.05) is 33.3 Å². The second-order valence-electron chi connectivity index (χ2n) is 6.86. The molecule has 19 heavy (non-hydrogen) atoms. The van der Waals surface area contributed by atoms with Crippen LogP contribution in [0.1, 0.15) is 34.1 Å². The molecule has 1 aliphatic carbocycles. The van der Waals surface area contributed by atoms with Crippen LogP contribution in [0, 0.1) is 12.3 Å². The molecule has 0 saturated heterocycles. The van der Waals surface area contributed by atoms with Gasteiger partial charge in [-0.3, -0.25) is 0 Å². The molecule has 2 atom stereocenters. The van der Waals surface area contributed by atoms with Crippen LogP contribution in [0.3, 0.4) is 0 Å². The van der Waals surface area contributed by atoms with Crippen molar-refractivity contribution in [3.63, 3.8) is 0 Å². The Morgan fingerprint density at radius 3 is 2.37 bits per heavy atom. The highest BCUT2D eigenvalue weighted by Crippen LogP contribution is 2.41. The lowest BCUT2D eigenvalue weighted by Gasteiger charge is -2.42. The zero-order valence-electron chi connectivity index (χ0n) is 13.0. The van der Waals surface area contributed by atoms with Crippen molar-refractivity contribution in [2.45, 2.75) is 64.5 Å². The van der Waals surface area contributed by atoms with E-state index in [-0.39, 0.29) is 11.1 Å². The Labute approximate surface area is 118 Å². The van der Waals surface area contributed by atoms with E-state index in [0.717, 1.165) is 16.7 Å². The smallest absolute Gasteiger partial charge is 0.193 e. The third-order valence-electron chi connectivity index (χ3n) is 4.42. The predicted octanol–water partition coefficient (Wildman–Crippen LogP) is 3.65. The van der Waals surface area contributed by atoms with Crippen LogP contribution in [0.4, 0.5) is 0 Å². The third-order valence-corrected chi connectivity index (χ3v) is 8.86. The van der Waals surface area contributed by atoms with E-state index in [9.17, 15) is 5.11 Å². The number of rotatable bonds is 2. The third kappa shape index (κ3) is 3.20. The van der Waals surface area contributed by atoms with Crippen molar-refractivity contribution in [3.05, 3.63) is 23.3 Å². The van der Waals surface area contributed by atoms with Gasteiger partial charge < -0.3 is 9.53 Å². The fourth-order valence-corrected chi connectivity index (χ4v) is 3.18. The quantitative estimate of drug-likeness (QED) is 0.475. The second kappa shape index (κ2) is 5.28. The molecule has 0 aromatic rings. The maximum atomic E-state index is 10.1. The Bertz CT molecular complexity index is 446. The highest BCUT2D eigenvalue weighted by molar-refractivity contribution is 6.74. The highest BCUT2D eigenvalue weighted by atomic mass is 28.4. The summed E-state index contributed by atoms with van der Waals surface area (Å²) in [5.41, 5.74) is 2.62. The predicted molar refractivity (Wildman–Crippen MR) is 83.4 cm³/mol. The first-order chi connectivity index (χ1) is 8.51. The largest absolute Gasteiger partial charge is 0.406 e. The topological polar surface area (TPSA) is 29.5 Å². The normalized spacial score (nSPS) is 25.5. The van der Waals surface area contributed by atoms with E-state index in [1.165, 1.54) is 0 Å². The molecule has 0 amide bonds. The van der Waals surface area contributed by atoms with Crippen LogP contribution in [0.15, 0.2) is 23.3 Å². The minimum absolute atomic E-state index is 0.117. The maximum Gasteiger partial charge on any atom is 0.193 e. The number of terminal acetylenes is 1. The molecule has 0 saturated carbocycles. The summed E-state index contributed by atoms with van der Waals surface area (Å²) in [6.07, 6.45) is 5.17. The van der Waals surface area contributed by atoms with Gasteiger partial charge in [-0.2, -0.15) is 0 Å². The van der Waals surface area contributed by atoms with Crippen LogP contribution in [-0.2, 0) is 4.43 Å². The average Bonchev–Trinajstić information content (AvgIpc) is 2.27. The van der Waals surface area contributed by atoms with E-state index in [0.29, 0.717) is 6.42 Å². The minimum Gasteiger partial charge on any atom is -0.406 e. The molecule has 1 rings (SSSR count). The Morgan fingerprint density at radius 1 is 1.42 bits per heavy atom. The molecule has 0 aliphatic heterocycles. The molecule has 106 valence electrons. The van der Waals surface area contributed by atoms with Gasteiger partial charge in [0.05, 0.1) is 12.2 Å². The van der Waals surface area contributed by atoms with Crippen LogP contribution >= 0.6 is 0 Å². The first-order valence-corrected chi connectivity index (χ1v) is 9.63. The summed E-state index contributed by atoms with van der Waals surface area (Å²) >= 11 is 0. The molecule has 2 nitrogen and oxygen atoms in total. The number of hydrogen-bond acceptors (Lipinski definition) is 2. The molecule has 0 spiro atoms. The molecule has 0 fully saturated rings. The summed E-state index contributed by atoms with van der Waals surface area (Å²) in [4.78, 5) is 0. The van der Waals surface area contributed by atoms with E-state index in [1.807, 2.05) is 6.92 Å². The van der Waals surface area contributed by atoms with Gasteiger partial charge >= 0.3 is 0 Å². The Balaban J connectivity index is 3.12. The molecule has 1 N–H and O–H groups in total. The molecular formula is C16H26O2Si. The Morgan fingerprint density at radius 2 is 1.95 bits per heavy atom. The van der Waals surface area contributed by atoms with Crippen LogP contribution in [0.25, 0.3) is 0 Å². The first-order valence-electron chi connectivity index (χ1n) is 6.72. The van der Waals surface area contributed by atoms with Crippen molar-refractivity contribution in [2.24, 2.45) is 0 Å². The van der Waals surface area contributed by atoms with Crippen molar-refractivity contribution in [2.75, 3.05) is 0 Å². The molecular weight excluding hydrogens is 252 g/mol. The fraction of sp³-hybridized carbons (Fsp3) is 0.625. The molecule has 0 heterocycles. The molecule has 0 aromatic carbocycles. The standard InChI is InChI=1S/C16H26O2Si/c1-9-13-10-14(17)12(3)15(11(13)2)18-19(7,8)16(4,5)6/h1,14-15,17H,3,10H2,2,4-8H3/t14-,15-/m1/s1. The van der Waals surface area contributed by atoms with Crippen LogP contribution in [-0.4, -0.2) is 25.6 Å². The molecule has 0 unspecified atom stereocenters. The van der Waals surface area contributed by atoms with E-state index in [1.54, 1.807) is 0 Å². The Kier molecular flexibility index (Phi) is 4.51.